The SMILES string of the molecule is O=C(CSc1cccc(C(F)(F)F)c1)NC(CO)c1ccco1. The minimum absolute atomic E-state index is 0.0709. The standard InChI is InChI=1S/C15H14F3NO3S/c16-15(17,18)10-3-1-4-11(7-10)23-9-14(21)19-12(8-20)13-5-2-6-22-13/h1-7,12,20H,8-9H2,(H,19,21). The fourth-order valence-corrected chi connectivity index (χ4v) is 2.61. The Hall–Kier alpha value is -1.93. The lowest BCUT2D eigenvalue weighted by atomic mass is 10.2. The van der Waals surface area contributed by atoms with Gasteiger partial charge in [0.1, 0.15) is 11.8 Å². The van der Waals surface area contributed by atoms with Crippen molar-refractivity contribution in [1.82, 2.24) is 5.32 Å². The van der Waals surface area contributed by atoms with E-state index in [1.807, 2.05) is 0 Å². The molecule has 0 saturated carbocycles. The number of thioether (sulfide) groups is 1. The van der Waals surface area contributed by atoms with E-state index in [4.69, 9.17) is 4.42 Å². The number of hydrogen-bond donors (Lipinski definition) is 2. The van der Waals surface area contributed by atoms with Gasteiger partial charge in [-0.2, -0.15) is 13.2 Å². The molecule has 1 unspecified atom stereocenters. The number of hydrogen-bond acceptors (Lipinski definition) is 4. The Morgan fingerprint density at radius 1 is 1.30 bits per heavy atom. The number of carbonyl (C=O) groups is 1. The van der Waals surface area contributed by atoms with E-state index in [1.165, 1.54) is 18.4 Å². The largest absolute Gasteiger partial charge is 0.467 e. The maximum absolute atomic E-state index is 12.6. The van der Waals surface area contributed by atoms with Gasteiger partial charge in [-0.1, -0.05) is 6.07 Å². The number of furan rings is 1. The van der Waals surface area contributed by atoms with E-state index in [2.05, 4.69) is 5.32 Å². The average molecular weight is 345 g/mol. The monoisotopic (exact) mass is 345 g/mol. The number of nitrogens with one attached hydrogen (secondary N) is 1. The predicted octanol–water partition coefficient (Wildman–Crippen LogP) is 3.24. The van der Waals surface area contributed by atoms with Crippen LogP contribution in [0.1, 0.15) is 17.4 Å². The quantitative estimate of drug-likeness (QED) is 0.789. The molecule has 0 aliphatic carbocycles. The molecule has 0 radical (unpaired) electrons. The number of halogens is 3. The summed E-state index contributed by atoms with van der Waals surface area (Å²) in [4.78, 5) is 12.2. The van der Waals surface area contributed by atoms with Gasteiger partial charge >= 0.3 is 6.18 Å². The van der Waals surface area contributed by atoms with E-state index in [9.17, 15) is 23.1 Å². The van der Waals surface area contributed by atoms with Crippen molar-refractivity contribution in [2.24, 2.45) is 0 Å². The van der Waals surface area contributed by atoms with E-state index < -0.39 is 23.7 Å². The molecule has 0 aliphatic heterocycles. The molecule has 0 fully saturated rings. The highest BCUT2D eigenvalue weighted by Gasteiger charge is 2.30. The van der Waals surface area contributed by atoms with Crippen LogP contribution in [0.15, 0.2) is 52.0 Å². The molecule has 4 nitrogen and oxygen atoms in total. The molecule has 23 heavy (non-hydrogen) atoms. The summed E-state index contributed by atoms with van der Waals surface area (Å²) < 4.78 is 42.9. The Bertz CT molecular complexity index is 644. The molecule has 1 heterocycles. The van der Waals surface area contributed by atoms with Gasteiger partial charge in [0.2, 0.25) is 5.91 Å². The van der Waals surface area contributed by atoms with Crippen LogP contribution in [0, 0.1) is 0 Å². The summed E-state index contributed by atoms with van der Waals surface area (Å²) in [6, 6.07) is 7.32. The fourth-order valence-electron chi connectivity index (χ4n) is 1.84. The van der Waals surface area contributed by atoms with Crippen LogP contribution in [-0.2, 0) is 11.0 Å². The van der Waals surface area contributed by atoms with Gasteiger partial charge in [-0.3, -0.25) is 4.79 Å². The molecule has 0 saturated heterocycles. The summed E-state index contributed by atoms with van der Waals surface area (Å²) in [5, 5.41) is 11.8. The van der Waals surface area contributed by atoms with Crippen LogP contribution in [0.5, 0.6) is 0 Å². The lowest BCUT2D eigenvalue weighted by Gasteiger charge is -2.14. The Kier molecular flexibility index (Phi) is 5.73. The van der Waals surface area contributed by atoms with Crippen molar-refractivity contribution >= 4 is 17.7 Å². The molecule has 1 aromatic heterocycles. The first kappa shape index (κ1) is 17.4. The van der Waals surface area contributed by atoms with E-state index in [0.717, 1.165) is 23.9 Å². The van der Waals surface area contributed by atoms with Gasteiger partial charge in [0, 0.05) is 4.90 Å². The first-order valence-electron chi connectivity index (χ1n) is 6.64. The normalized spacial score (nSPS) is 12.9. The third kappa shape index (κ3) is 5.04. The maximum Gasteiger partial charge on any atom is 0.416 e. The van der Waals surface area contributed by atoms with Gasteiger partial charge < -0.3 is 14.8 Å². The molecular weight excluding hydrogens is 331 g/mol. The van der Waals surface area contributed by atoms with Crippen molar-refractivity contribution in [2.45, 2.75) is 17.1 Å². The van der Waals surface area contributed by atoms with Gasteiger partial charge in [0.05, 0.1) is 24.2 Å². The minimum atomic E-state index is -4.42. The van der Waals surface area contributed by atoms with E-state index >= 15 is 0 Å². The maximum atomic E-state index is 12.6. The second kappa shape index (κ2) is 7.56. The van der Waals surface area contributed by atoms with Crippen LogP contribution in [-0.4, -0.2) is 23.4 Å². The smallest absolute Gasteiger partial charge is 0.416 e. The third-order valence-corrected chi connectivity index (χ3v) is 3.93. The first-order chi connectivity index (χ1) is 10.9. The van der Waals surface area contributed by atoms with Crippen molar-refractivity contribution in [1.29, 1.82) is 0 Å². The molecule has 0 bridgehead atoms. The highest BCUT2D eigenvalue weighted by molar-refractivity contribution is 8.00. The van der Waals surface area contributed by atoms with E-state index in [0.29, 0.717) is 10.7 Å². The lowest BCUT2D eigenvalue weighted by molar-refractivity contribution is -0.137. The fraction of sp³-hybridized carbons (Fsp3) is 0.267. The van der Waals surface area contributed by atoms with Crippen molar-refractivity contribution in [2.75, 3.05) is 12.4 Å². The van der Waals surface area contributed by atoms with Crippen LogP contribution < -0.4 is 5.32 Å². The molecule has 1 amide bonds. The summed E-state index contributed by atoms with van der Waals surface area (Å²) in [5.41, 5.74) is -0.758. The number of aliphatic hydroxyl groups is 1. The number of carbonyl (C=O) groups excluding carboxylic acids is 1. The minimum Gasteiger partial charge on any atom is -0.467 e. The third-order valence-electron chi connectivity index (χ3n) is 2.94. The summed E-state index contributed by atoms with van der Waals surface area (Å²) in [5.74, 6) is -0.0776. The summed E-state index contributed by atoms with van der Waals surface area (Å²) >= 11 is 0.984. The summed E-state index contributed by atoms with van der Waals surface area (Å²) in [6.07, 6.45) is -3.00. The zero-order valence-corrected chi connectivity index (χ0v) is 12.7. The Morgan fingerprint density at radius 3 is 2.70 bits per heavy atom. The molecule has 1 atom stereocenters. The lowest BCUT2D eigenvalue weighted by Crippen LogP contribution is -2.31. The Labute approximate surface area is 134 Å². The molecule has 1 aromatic carbocycles. The summed E-state index contributed by atoms with van der Waals surface area (Å²) in [7, 11) is 0. The second-order valence-electron chi connectivity index (χ2n) is 4.63. The van der Waals surface area contributed by atoms with Gasteiger partial charge in [0.25, 0.3) is 0 Å². The van der Waals surface area contributed by atoms with Crippen LogP contribution in [0.2, 0.25) is 0 Å². The first-order valence-corrected chi connectivity index (χ1v) is 7.62. The second-order valence-corrected chi connectivity index (χ2v) is 5.68. The van der Waals surface area contributed by atoms with Crippen LogP contribution in [0.3, 0.4) is 0 Å². The van der Waals surface area contributed by atoms with Gasteiger partial charge in [-0.25, -0.2) is 0 Å². The molecule has 2 N–H and O–H groups in total. The summed E-state index contributed by atoms with van der Waals surface area (Å²) in [6.45, 7) is -0.340. The Balaban J connectivity index is 1.92. The van der Waals surface area contributed by atoms with Crippen molar-refractivity contribution in [3.8, 4) is 0 Å². The predicted molar refractivity (Wildman–Crippen MR) is 78.8 cm³/mol. The number of rotatable bonds is 6. The molecular formula is C15H14F3NO3S. The van der Waals surface area contributed by atoms with Crippen LogP contribution in [0.25, 0.3) is 0 Å². The highest BCUT2D eigenvalue weighted by Crippen LogP contribution is 2.31. The Morgan fingerprint density at radius 2 is 2.09 bits per heavy atom. The van der Waals surface area contributed by atoms with Gasteiger partial charge in [0.15, 0.2) is 0 Å². The van der Waals surface area contributed by atoms with Crippen molar-refractivity contribution < 1.29 is 27.5 Å². The van der Waals surface area contributed by atoms with E-state index in [-0.39, 0.29) is 12.4 Å². The molecule has 0 aliphatic rings. The van der Waals surface area contributed by atoms with Crippen molar-refractivity contribution in [3.05, 3.63) is 54.0 Å². The average Bonchev–Trinajstić information content (AvgIpc) is 3.04. The number of alkyl halides is 3. The van der Waals surface area contributed by atoms with Crippen LogP contribution >= 0.6 is 11.8 Å². The molecule has 0 spiro atoms. The van der Waals surface area contributed by atoms with Gasteiger partial charge in [-0.15, -0.1) is 11.8 Å². The number of aliphatic hydroxyl groups excluding tert-OH is 1. The molecule has 124 valence electrons. The van der Waals surface area contributed by atoms with Crippen LogP contribution in [0.4, 0.5) is 13.2 Å². The zero-order valence-electron chi connectivity index (χ0n) is 11.8. The zero-order chi connectivity index (χ0) is 16.9. The topological polar surface area (TPSA) is 62.5 Å². The number of amides is 1. The van der Waals surface area contributed by atoms with E-state index in [1.54, 1.807) is 12.1 Å². The van der Waals surface area contributed by atoms with Crippen molar-refractivity contribution in [3.63, 3.8) is 0 Å². The van der Waals surface area contributed by atoms with Gasteiger partial charge in [-0.05, 0) is 30.3 Å². The number of benzene rings is 1. The molecule has 8 heteroatoms. The molecule has 2 aromatic rings. The highest BCUT2D eigenvalue weighted by atomic mass is 32.2. The molecule has 2 rings (SSSR count).